The molecule has 2 rings (SSSR count). The van der Waals surface area contributed by atoms with E-state index in [0.29, 0.717) is 38.1 Å². The molecule has 0 aliphatic carbocycles. The summed E-state index contributed by atoms with van der Waals surface area (Å²) in [7, 11) is 3.37. The first-order valence-electron chi connectivity index (χ1n) is 7.97. The fourth-order valence-electron chi connectivity index (χ4n) is 2.14. The van der Waals surface area contributed by atoms with Crippen LogP contribution in [-0.2, 0) is 17.8 Å². The van der Waals surface area contributed by atoms with Gasteiger partial charge in [0.2, 0.25) is 5.88 Å². The summed E-state index contributed by atoms with van der Waals surface area (Å²) in [4.78, 5) is 8.49. The van der Waals surface area contributed by atoms with Crippen LogP contribution in [0, 0.1) is 0 Å². The smallest absolute Gasteiger partial charge is 0.218 e. The molecule has 8 heteroatoms. The fourth-order valence-corrected chi connectivity index (χ4v) is 2.36. The number of ether oxygens (including phenoxy) is 2. The highest BCUT2D eigenvalue weighted by Crippen LogP contribution is 2.14. The zero-order valence-corrected chi connectivity index (χ0v) is 18.0. The van der Waals surface area contributed by atoms with Gasteiger partial charge in [-0.3, -0.25) is 4.99 Å². The number of hydrogen-bond donors (Lipinski definition) is 2. The highest BCUT2D eigenvalue weighted by molar-refractivity contribution is 14.0. The van der Waals surface area contributed by atoms with Crippen LogP contribution in [0.4, 0.5) is 0 Å². The number of pyridine rings is 1. The van der Waals surface area contributed by atoms with Crippen molar-refractivity contribution in [3.63, 3.8) is 0 Å². The van der Waals surface area contributed by atoms with E-state index in [1.165, 1.54) is 0 Å². The van der Waals surface area contributed by atoms with Crippen LogP contribution in [0.2, 0.25) is 5.02 Å². The Morgan fingerprint density at radius 2 is 1.96 bits per heavy atom. The average molecular weight is 491 g/mol. The maximum Gasteiger partial charge on any atom is 0.218 e. The van der Waals surface area contributed by atoms with Crippen molar-refractivity contribution in [2.45, 2.75) is 13.1 Å². The highest BCUT2D eigenvalue weighted by Gasteiger charge is 2.06. The van der Waals surface area contributed by atoms with Crippen molar-refractivity contribution in [3.8, 4) is 5.88 Å². The third-order valence-corrected chi connectivity index (χ3v) is 3.63. The molecule has 2 aromatic rings. The molecule has 0 spiro atoms. The number of rotatable bonds is 8. The van der Waals surface area contributed by atoms with Crippen molar-refractivity contribution in [1.82, 2.24) is 15.6 Å². The molecule has 0 amide bonds. The lowest BCUT2D eigenvalue weighted by Crippen LogP contribution is -2.36. The summed E-state index contributed by atoms with van der Waals surface area (Å²) in [6.07, 6.45) is 1.71. The molecule has 0 radical (unpaired) electrons. The third-order valence-electron chi connectivity index (χ3n) is 3.40. The first kappa shape index (κ1) is 22.5. The van der Waals surface area contributed by atoms with Gasteiger partial charge in [-0.1, -0.05) is 29.8 Å². The van der Waals surface area contributed by atoms with Crippen molar-refractivity contribution < 1.29 is 9.47 Å². The van der Waals surface area contributed by atoms with E-state index < -0.39 is 0 Å². The molecule has 0 saturated carbocycles. The average Bonchev–Trinajstić information content (AvgIpc) is 2.63. The molecule has 0 unspecified atom stereocenters. The number of hydrogen-bond acceptors (Lipinski definition) is 4. The summed E-state index contributed by atoms with van der Waals surface area (Å²) < 4.78 is 10.6. The number of aliphatic imine (C=N–C) groups is 1. The molecule has 0 saturated heterocycles. The van der Waals surface area contributed by atoms with Crippen LogP contribution >= 0.6 is 35.6 Å². The van der Waals surface area contributed by atoms with E-state index in [9.17, 15) is 0 Å². The second kappa shape index (κ2) is 12.7. The Morgan fingerprint density at radius 1 is 1.15 bits per heavy atom. The second-order valence-corrected chi connectivity index (χ2v) is 5.65. The predicted octanol–water partition coefficient (Wildman–Crippen LogP) is 3.24. The quantitative estimate of drug-likeness (QED) is 0.257. The number of guanidine groups is 1. The van der Waals surface area contributed by atoms with Gasteiger partial charge in [-0.25, -0.2) is 4.98 Å². The van der Waals surface area contributed by atoms with E-state index >= 15 is 0 Å². The van der Waals surface area contributed by atoms with E-state index in [2.05, 4.69) is 20.6 Å². The minimum absolute atomic E-state index is 0. The summed E-state index contributed by atoms with van der Waals surface area (Å²) in [5, 5.41) is 7.23. The van der Waals surface area contributed by atoms with Crippen LogP contribution in [0.15, 0.2) is 47.6 Å². The summed E-state index contributed by atoms with van der Waals surface area (Å²) in [5.41, 5.74) is 2.03. The van der Waals surface area contributed by atoms with Crippen LogP contribution in [-0.4, -0.2) is 38.3 Å². The normalized spacial score (nSPS) is 10.8. The van der Waals surface area contributed by atoms with Crippen molar-refractivity contribution in [3.05, 3.63) is 58.7 Å². The van der Waals surface area contributed by atoms with Gasteiger partial charge in [-0.05, 0) is 23.8 Å². The molecule has 0 bridgehead atoms. The molecule has 0 fully saturated rings. The number of nitrogens with zero attached hydrogens (tertiary/aromatic N) is 2. The number of nitrogens with one attached hydrogen (secondary N) is 2. The molecule has 1 aromatic carbocycles. The van der Waals surface area contributed by atoms with Crippen molar-refractivity contribution in [1.29, 1.82) is 0 Å². The molecule has 142 valence electrons. The number of aromatic nitrogens is 1. The summed E-state index contributed by atoms with van der Waals surface area (Å²) >= 11 is 6.00. The summed E-state index contributed by atoms with van der Waals surface area (Å²) in [5.74, 6) is 1.28. The van der Waals surface area contributed by atoms with Gasteiger partial charge in [0, 0.05) is 44.0 Å². The molecule has 26 heavy (non-hydrogen) atoms. The lowest BCUT2D eigenvalue weighted by Gasteiger charge is -2.14. The van der Waals surface area contributed by atoms with Gasteiger partial charge >= 0.3 is 0 Å². The molecule has 0 aliphatic heterocycles. The molecule has 6 nitrogen and oxygen atoms in total. The van der Waals surface area contributed by atoms with Gasteiger partial charge in [-0.15, -0.1) is 24.0 Å². The Kier molecular flexibility index (Phi) is 11.0. The maximum absolute atomic E-state index is 6.00. The lowest BCUT2D eigenvalue weighted by molar-refractivity contribution is 0.143. The maximum atomic E-state index is 6.00. The van der Waals surface area contributed by atoms with E-state index in [1.807, 2.05) is 36.4 Å². The standard InChI is InChI=1S/C18H23ClN4O2.HI/c1-20-18(22-12-14-5-3-7-16(19)11-14)23-13-15-6-4-8-21-17(15)25-10-9-24-2;/h3-8,11H,9-10,12-13H2,1-2H3,(H2,20,22,23);1H. The summed E-state index contributed by atoms with van der Waals surface area (Å²) in [6, 6.07) is 11.6. The van der Waals surface area contributed by atoms with Crippen molar-refractivity contribution in [2.24, 2.45) is 4.99 Å². The molecule has 0 atom stereocenters. The first-order chi connectivity index (χ1) is 12.2. The predicted molar refractivity (Wildman–Crippen MR) is 116 cm³/mol. The molecular formula is C18H24ClIN4O2. The van der Waals surface area contributed by atoms with E-state index in [-0.39, 0.29) is 24.0 Å². The minimum atomic E-state index is 0. The molecule has 1 aromatic heterocycles. The Labute approximate surface area is 176 Å². The van der Waals surface area contributed by atoms with Gasteiger partial charge in [0.15, 0.2) is 5.96 Å². The Hall–Kier alpha value is -1.58. The van der Waals surface area contributed by atoms with Gasteiger partial charge in [-0.2, -0.15) is 0 Å². The zero-order chi connectivity index (χ0) is 17.9. The van der Waals surface area contributed by atoms with Crippen LogP contribution in [0.3, 0.4) is 0 Å². The molecule has 0 aliphatic rings. The van der Waals surface area contributed by atoms with Gasteiger partial charge < -0.3 is 20.1 Å². The largest absolute Gasteiger partial charge is 0.475 e. The third kappa shape index (κ3) is 7.76. The minimum Gasteiger partial charge on any atom is -0.475 e. The SMILES string of the molecule is CN=C(NCc1cccc(Cl)c1)NCc1cccnc1OCCOC.I. The van der Waals surface area contributed by atoms with Crippen LogP contribution < -0.4 is 15.4 Å². The summed E-state index contributed by atoms with van der Waals surface area (Å²) in [6.45, 7) is 2.16. The number of halogens is 2. The van der Waals surface area contributed by atoms with Gasteiger partial charge in [0.1, 0.15) is 6.61 Å². The Morgan fingerprint density at radius 3 is 2.69 bits per heavy atom. The van der Waals surface area contributed by atoms with Crippen LogP contribution in [0.25, 0.3) is 0 Å². The van der Waals surface area contributed by atoms with Gasteiger partial charge in [0.25, 0.3) is 0 Å². The Balaban J connectivity index is 0.00000338. The fraction of sp³-hybridized carbons (Fsp3) is 0.333. The van der Waals surface area contributed by atoms with Crippen LogP contribution in [0.5, 0.6) is 5.88 Å². The van der Waals surface area contributed by atoms with E-state index in [1.54, 1.807) is 20.4 Å². The topological polar surface area (TPSA) is 67.8 Å². The molecule has 2 N–H and O–H groups in total. The molecule has 1 heterocycles. The zero-order valence-electron chi connectivity index (χ0n) is 14.9. The second-order valence-electron chi connectivity index (χ2n) is 5.22. The van der Waals surface area contributed by atoms with Crippen molar-refractivity contribution >= 4 is 41.5 Å². The van der Waals surface area contributed by atoms with E-state index in [0.717, 1.165) is 16.1 Å². The van der Waals surface area contributed by atoms with Gasteiger partial charge in [0.05, 0.1) is 6.61 Å². The number of methoxy groups -OCH3 is 1. The number of benzene rings is 1. The lowest BCUT2D eigenvalue weighted by atomic mass is 10.2. The Bertz CT molecular complexity index is 700. The highest BCUT2D eigenvalue weighted by atomic mass is 127. The molecular weight excluding hydrogens is 467 g/mol. The van der Waals surface area contributed by atoms with E-state index in [4.69, 9.17) is 21.1 Å². The van der Waals surface area contributed by atoms with Crippen molar-refractivity contribution in [2.75, 3.05) is 27.4 Å². The first-order valence-corrected chi connectivity index (χ1v) is 8.35. The monoisotopic (exact) mass is 490 g/mol. The van der Waals surface area contributed by atoms with Crippen LogP contribution in [0.1, 0.15) is 11.1 Å².